The molecular formula is C10H10N2O3. The van der Waals surface area contributed by atoms with Gasteiger partial charge in [-0.3, -0.25) is 0 Å². The van der Waals surface area contributed by atoms with Crippen molar-refractivity contribution >= 4 is 6.01 Å². The lowest BCUT2D eigenvalue weighted by atomic mass is 10.3. The Morgan fingerprint density at radius 3 is 2.87 bits per heavy atom. The maximum absolute atomic E-state index is 9.40. The molecule has 0 spiro atoms. The molecule has 0 aliphatic rings. The summed E-state index contributed by atoms with van der Waals surface area (Å²) in [6.07, 6.45) is 1.41. The number of nitrogens with two attached hydrogens (primary N) is 1. The minimum Gasteiger partial charge on any atom is -0.504 e. The highest BCUT2D eigenvalue weighted by Gasteiger charge is 2.04. The first-order chi connectivity index (χ1) is 7.25. The number of anilines is 1. The monoisotopic (exact) mass is 206 g/mol. The van der Waals surface area contributed by atoms with Crippen LogP contribution >= 0.6 is 0 Å². The highest BCUT2D eigenvalue weighted by atomic mass is 16.5. The molecular weight excluding hydrogens is 196 g/mol. The number of benzene rings is 1. The molecule has 15 heavy (non-hydrogen) atoms. The summed E-state index contributed by atoms with van der Waals surface area (Å²) in [4.78, 5) is 3.86. The number of hydrogen-bond acceptors (Lipinski definition) is 5. The van der Waals surface area contributed by atoms with Crippen molar-refractivity contribution in [3.63, 3.8) is 0 Å². The molecule has 2 aromatic rings. The Morgan fingerprint density at radius 1 is 1.40 bits per heavy atom. The number of phenols is 1. The highest BCUT2D eigenvalue weighted by Crippen LogP contribution is 2.25. The molecule has 0 bridgehead atoms. The van der Waals surface area contributed by atoms with Crippen LogP contribution in [0.3, 0.4) is 0 Å². The van der Waals surface area contributed by atoms with Gasteiger partial charge in [0.25, 0.3) is 6.01 Å². The van der Waals surface area contributed by atoms with Crippen molar-refractivity contribution in [2.75, 3.05) is 5.73 Å². The molecule has 0 amide bonds. The Labute approximate surface area is 86.1 Å². The summed E-state index contributed by atoms with van der Waals surface area (Å²) < 4.78 is 10.1. The normalized spacial score (nSPS) is 10.1. The van der Waals surface area contributed by atoms with Crippen LogP contribution in [0.2, 0.25) is 0 Å². The van der Waals surface area contributed by atoms with Crippen LogP contribution < -0.4 is 10.5 Å². The predicted octanol–water partition coefficient (Wildman–Crippen LogP) is 1.54. The standard InChI is InChI=1S/C10H10N2O3/c11-10-12-7(6-15-10)5-14-9-4-2-1-3-8(9)13/h1-4,6,13H,5H2,(H2,11,12). The summed E-state index contributed by atoms with van der Waals surface area (Å²) in [5.41, 5.74) is 5.87. The van der Waals surface area contributed by atoms with Crippen molar-refractivity contribution in [2.45, 2.75) is 6.61 Å². The van der Waals surface area contributed by atoms with Crippen molar-refractivity contribution in [1.29, 1.82) is 0 Å². The first-order valence-corrected chi connectivity index (χ1v) is 4.36. The fourth-order valence-corrected chi connectivity index (χ4v) is 1.12. The Morgan fingerprint density at radius 2 is 2.20 bits per heavy atom. The number of hydrogen-bond donors (Lipinski definition) is 2. The summed E-state index contributed by atoms with van der Waals surface area (Å²) in [6, 6.07) is 6.80. The van der Waals surface area contributed by atoms with Crippen LogP contribution in [0.15, 0.2) is 34.9 Å². The highest BCUT2D eigenvalue weighted by molar-refractivity contribution is 5.37. The Balaban J connectivity index is 2.02. The van der Waals surface area contributed by atoms with E-state index in [0.717, 1.165) is 0 Å². The lowest BCUT2D eigenvalue weighted by Crippen LogP contribution is -1.96. The second kappa shape index (κ2) is 3.91. The quantitative estimate of drug-likeness (QED) is 0.796. The number of oxazole rings is 1. The Kier molecular flexibility index (Phi) is 2.45. The van der Waals surface area contributed by atoms with E-state index in [1.165, 1.54) is 6.26 Å². The molecule has 0 unspecified atom stereocenters. The molecule has 0 aliphatic heterocycles. The van der Waals surface area contributed by atoms with Gasteiger partial charge in [-0.25, -0.2) is 0 Å². The van der Waals surface area contributed by atoms with Gasteiger partial charge in [0.1, 0.15) is 18.6 Å². The molecule has 0 saturated heterocycles. The summed E-state index contributed by atoms with van der Waals surface area (Å²) in [7, 11) is 0. The Hall–Kier alpha value is -2.17. The summed E-state index contributed by atoms with van der Waals surface area (Å²) in [6.45, 7) is 0.207. The molecule has 5 nitrogen and oxygen atoms in total. The molecule has 0 fully saturated rings. The van der Waals surface area contributed by atoms with E-state index in [9.17, 15) is 5.11 Å². The minimum atomic E-state index is 0.0916. The van der Waals surface area contributed by atoms with Gasteiger partial charge in [0.2, 0.25) is 0 Å². The van der Waals surface area contributed by atoms with Gasteiger partial charge in [-0.1, -0.05) is 12.1 Å². The number of aromatic hydroxyl groups is 1. The van der Waals surface area contributed by atoms with E-state index in [2.05, 4.69) is 4.98 Å². The van der Waals surface area contributed by atoms with E-state index in [1.54, 1.807) is 24.3 Å². The van der Waals surface area contributed by atoms with Crippen LogP contribution in [0.5, 0.6) is 11.5 Å². The van der Waals surface area contributed by atoms with E-state index < -0.39 is 0 Å². The van der Waals surface area contributed by atoms with Crippen LogP contribution in [0.4, 0.5) is 6.01 Å². The molecule has 0 saturated carbocycles. The zero-order chi connectivity index (χ0) is 10.7. The third-order valence-corrected chi connectivity index (χ3v) is 1.81. The molecule has 1 aromatic carbocycles. The summed E-state index contributed by atoms with van der Waals surface area (Å²) >= 11 is 0. The number of aromatic nitrogens is 1. The summed E-state index contributed by atoms with van der Waals surface area (Å²) in [5, 5.41) is 9.40. The average molecular weight is 206 g/mol. The SMILES string of the molecule is Nc1nc(COc2ccccc2O)co1. The zero-order valence-electron chi connectivity index (χ0n) is 7.88. The number of nitrogens with zero attached hydrogens (tertiary/aromatic N) is 1. The van der Waals surface area contributed by atoms with Gasteiger partial charge in [0.15, 0.2) is 11.5 Å². The molecule has 0 aliphatic carbocycles. The van der Waals surface area contributed by atoms with Crippen molar-refractivity contribution in [3.8, 4) is 11.5 Å². The molecule has 1 aromatic heterocycles. The van der Waals surface area contributed by atoms with Gasteiger partial charge in [-0.2, -0.15) is 4.98 Å². The minimum absolute atomic E-state index is 0.0916. The lowest BCUT2D eigenvalue weighted by molar-refractivity contribution is 0.284. The molecule has 3 N–H and O–H groups in total. The van der Waals surface area contributed by atoms with Gasteiger partial charge >= 0.3 is 0 Å². The second-order valence-electron chi connectivity index (χ2n) is 2.93. The summed E-state index contributed by atoms with van der Waals surface area (Å²) in [5.74, 6) is 0.494. The van der Waals surface area contributed by atoms with E-state index >= 15 is 0 Å². The lowest BCUT2D eigenvalue weighted by Gasteiger charge is -2.04. The van der Waals surface area contributed by atoms with Gasteiger partial charge in [0, 0.05) is 0 Å². The van der Waals surface area contributed by atoms with Crippen LogP contribution in [0.25, 0.3) is 0 Å². The second-order valence-corrected chi connectivity index (χ2v) is 2.93. The predicted molar refractivity (Wildman–Crippen MR) is 53.4 cm³/mol. The number of phenolic OH excluding ortho intramolecular Hbond substituents is 1. The van der Waals surface area contributed by atoms with Crippen LogP contribution in [0, 0.1) is 0 Å². The van der Waals surface area contributed by atoms with Gasteiger partial charge in [-0.05, 0) is 12.1 Å². The van der Waals surface area contributed by atoms with E-state index in [4.69, 9.17) is 14.9 Å². The van der Waals surface area contributed by atoms with Gasteiger partial charge < -0.3 is 20.0 Å². The fourth-order valence-electron chi connectivity index (χ4n) is 1.12. The molecule has 0 atom stereocenters. The first kappa shape index (κ1) is 9.39. The van der Waals surface area contributed by atoms with Crippen molar-refractivity contribution < 1.29 is 14.3 Å². The van der Waals surface area contributed by atoms with Crippen LogP contribution in [0.1, 0.15) is 5.69 Å². The average Bonchev–Trinajstić information content (AvgIpc) is 2.63. The molecule has 78 valence electrons. The van der Waals surface area contributed by atoms with E-state index in [0.29, 0.717) is 11.4 Å². The Bertz CT molecular complexity index is 453. The van der Waals surface area contributed by atoms with E-state index in [1.807, 2.05) is 0 Å². The van der Waals surface area contributed by atoms with Crippen molar-refractivity contribution in [3.05, 3.63) is 36.2 Å². The molecule has 2 rings (SSSR count). The van der Waals surface area contributed by atoms with Crippen LogP contribution in [-0.4, -0.2) is 10.1 Å². The number of nitrogen functional groups attached to an aromatic ring is 1. The number of rotatable bonds is 3. The topological polar surface area (TPSA) is 81.5 Å². The van der Waals surface area contributed by atoms with Crippen molar-refractivity contribution in [1.82, 2.24) is 4.98 Å². The molecule has 5 heteroatoms. The van der Waals surface area contributed by atoms with Gasteiger partial charge in [0.05, 0.1) is 0 Å². The molecule has 1 heterocycles. The van der Waals surface area contributed by atoms with Crippen LogP contribution in [-0.2, 0) is 6.61 Å². The van der Waals surface area contributed by atoms with Crippen molar-refractivity contribution in [2.24, 2.45) is 0 Å². The third-order valence-electron chi connectivity index (χ3n) is 1.81. The smallest absolute Gasteiger partial charge is 0.292 e. The maximum Gasteiger partial charge on any atom is 0.292 e. The largest absolute Gasteiger partial charge is 0.504 e. The maximum atomic E-state index is 9.40. The zero-order valence-corrected chi connectivity index (χ0v) is 7.88. The first-order valence-electron chi connectivity index (χ1n) is 4.36. The van der Waals surface area contributed by atoms with Gasteiger partial charge in [-0.15, -0.1) is 0 Å². The third kappa shape index (κ3) is 2.19. The number of ether oxygens (including phenoxy) is 1. The number of para-hydroxylation sites is 2. The van der Waals surface area contributed by atoms with E-state index in [-0.39, 0.29) is 18.4 Å². The molecule has 0 radical (unpaired) electrons. The fraction of sp³-hybridized carbons (Fsp3) is 0.100.